The Morgan fingerprint density at radius 3 is 2.69 bits per heavy atom. The van der Waals surface area contributed by atoms with Gasteiger partial charge < -0.3 is 19.5 Å². The zero-order valence-corrected chi connectivity index (χ0v) is 20.8. The maximum Gasteiger partial charge on any atom is 0.237 e. The molecule has 0 saturated heterocycles. The second-order valence-electron chi connectivity index (χ2n) is 8.52. The van der Waals surface area contributed by atoms with Crippen LogP contribution in [-0.2, 0) is 11.2 Å². The van der Waals surface area contributed by atoms with Crippen LogP contribution in [-0.4, -0.2) is 60.7 Å². The van der Waals surface area contributed by atoms with Gasteiger partial charge in [0.05, 0.1) is 25.8 Å². The minimum absolute atomic E-state index is 0.0117. The molecular formula is C28H32N2O4S. The van der Waals surface area contributed by atoms with Gasteiger partial charge in [0.1, 0.15) is 6.61 Å². The molecule has 6 nitrogen and oxygen atoms in total. The first-order valence-electron chi connectivity index (χ1n) is 11.8. The van der Waals surface area contributed by atoms with Crippen molar-refractivity contribution in [1.82, 2.24) is 9.80 Å². The number of carbonyl (C=O) groups excluding carboxylic acids is 1. The maximum atomic E-state index is 13.6. The van der Waals surface area contributed by atoms with E-state index in [1.54, 1.807) is 24.5 Å². The van der Waals surface area contributed by atoms with E-state index < -0.39 is 6.10 Å². The number of fused-ring (bicyclic) bond motifs is 1. The van der Waals surface area contributed by atoms with Crippen LogP contribution >= 0.6 is 11.3 Å². The smallest absolute Gasteiger partial charge is 0.237 e. The molecule has 0 bridgehead atoms. The Kier molecular flexibility index (Phi) is 8.58. The molecule has 0 aliphatic carbocycles. The highest BCUT2D eigenvalue weighted by atomic mass is 32.1. The summed E-state index contributed by atoms with van der Waals surface area (Å²) >= 11 is 1.73. The molecule has 4 rings (SSSR count). The highest BCUT2D eigenvalue weighted by Gasteiger charge is 2.33. The third-order valence-electron chi connectivity index (χ3n) is 6.24. The summed E-state index contributed by atoms with van der Waals surface area (Å²) in [5, 5.41) is 12.8. The van der Waals surface area contributed by atoms with Gasteiger partial charge >= 0.3 is 0 Å². The van der Waals surface area contributed by atoms with Crippen LogP contribution in [0.5, 0.6) is 11.5 Å². The van der Waals surface area contributed by atoms with Crippen molar-refractivity contribution in [2.24, 2.45) is 0 Å². The van der Waals surface area contributed by atoms with Gasteiger partial charge in [-0.15, -0.1) is 17.9 Å². The molecule has 2 atom stereocenters. The van der Waals surface area contributed by atoms with E-state index in [1.807, 2.05) is 64.4 Å². The molecule has 2 aromatic carbocycles. The molecule has 7 heteroatoms. The zero-order valence-electron chi connectivity index (χ0n) is 20.0. The van der Waals surface area contributed by atoms with Crippen LogP contribution in [0, 0.1) is 0 Å². The summed E-state index contributed by atoms with van der Waals surface area (Å²) < 4.78 is 11.6. The number of carbonyl (C=O) groups is 1. The van der Waals surface area contributed by atoms with Crippen molar-refractivity contribution < 1.29 is 19.4 Å². The maximum absolute atomic E-state index is 13.6. The van der Waals surface area contributed by atoms with Crippen LogP contribution < -0.4 is 9.47 Å². The second-order valence-corrected chi connectivity index (χ2v) is 9.52. The lowest BCUT2D eigenvalue weighted by molar-refractivity contribution is -0.136. The molecule has 0 fully saturated rings. The minimum atomic E-state index is -0.682. The first-order chi connectivity index (χ1) is 17.1. The predicted molar refractivity (Wildman–Crippen MR) is 139 cm³/mol. The number of hydrogen-bond donors (Lipinski definition) is 1. The number of para-hydroxylation sites is 2. The van der Waals surface area contributed by atoms with Crippen LogP contribution in [0.2, 0.25) is 0 Å². The molecule has 3 aromatic rings. The van der Waals surface area contributed by atoms with Gasteiger partial charge in [0.25, 0.3) is 0 Å². The average Bonchev–Trinajstić information content (AvgIpc) is 3.37. The topological polar surface area (TPSA) is 62.2 Å². The Morgan fingerprint density at radius 1 is 1.20 bits per heavy atom. The van der Waals surface area contributed by atoms with Crippen LogP contribution in [0.15, 0.2) is 78.7 Å². The summed E-state index contributed by atoms with van der Waals surface area (Å²) in [6.07, 6.45) is 1.91. The molecule has 0 saturated carbocycles. The Labute approximate surface area is 211 Å². The number of methoxy groups -OCH3 is 1. The van der Waals surface area contributed by atoms with Crippen LogP contribution in [0.1, 0.15) is 28.1 Å². The van der Waals surface area contributed by atoms with E-state index in [0.29, 0.717) is 37.7 Å². The lowest BCUT2D eigenvalue weighted by Gasteiger charge is -2.37. The van der Waals surface area contributed by atoms with Gasteiger partial charge in [-0.1, -0.05) is 48.5 Å². The molecule has 1 aliphatic rings. The van der Waals surface area contributed by atoms with E-state index in [-0.39, 0.29) is 18.5 Å². The number of hydrogen-bond acceptors (Lipinski definition) is 6. The molecule has 1 N–H and O–H groups in total. The number of ether oxygens (including phenoxy) is 2. The zero-order chi connectivity index (χ0) is 24.6. The van der Waals surface area contributed by atoms with E-state index in [9.17, 15) is 9.90 Å². The van der Waals surface area contributed by atoms with Crippen LogP contribution in [0.3, 0.4) is 0 Å². The number of aliphatic hydroxyl groups is 1. The van der Waals surface area contributed by atoms with Crippen molar-refractivity contribution in [2.75, 3.05) is 39.9 Å². The minimum Gasteiger partial charge on any atom is -0.493 e. The van der Waals surface area contributed by atoms with Gasteiger partial charge in [-0.05, 0) is 41.1 Å². The van der Waals surface area contributed by atoms with Gasteiger partial charge in [-0.2, -0.15) is 0 Å². The van der Waals surface area contributed by atoms with E-state index >= 15 is 0 Å². The Hall–Kier alpha value is -3.13. The Bertz CT molecular complexity index is 1120. The molecule has 35 heavy (non-hydrogen) atoms. The summed E-state index contributed by atoms with van der Waals surface area (Å²) in [5.74, 6) is 1.33. The molecule has 184 valence electrons. The van der Waals surface area contributed by atoms with Crippen LogP contribution in [0.4, 0.5) is 0 Å². The third-order valence-corrected chi connectivity index (χ3v) is 7.24. The molecule has 2 unspecified atom stereocenters. The number of rotatable bonds is 11. The lowest BCUT2D eigenvalue weighted by Crippen LogP contribution is -2.47. The molecule has 1 aliphatic heterocycles. The highest BCUT2D eigenvalue weighted by Crippen LogP contribution is 2.35. The van der Waals surface area contributed by atoms with E-state index in [4.69, 9.17) is 9.47 Å². The fourth-order valence-corrected chi connectivity index (χ4v) is 5.40. The van der Waals surface area contributed by atoms with Crippen molar-refractivity contribution >= 4 is 17.2 Å². The van der Waals surface area contributed by atoms with Crippen molar-refractivity contribution in [2.45, 2.75) is 18.6 Å². The van der Waals surface area contributed by atoms with E-state index in [1.165, 1.54) is 4.88 Å². The second kappa shape index (κ2) is 12.0. The van der Waals surface area contributed by atoms with Crippen molar-refractivity contribution in [1.29, 1.82) is 0 Å². The van der Waals surface area contributed by atoms with Gasteiger partial charge in [-0.25, -0.2) is 0 Å². The lowest BCUT2D eigenvalue weighted by atomic mass is 10.00. The summed E-state index contributed by atoms with van der Waals surface area (Å²) in [6, 6.07) is 19.0. The monoisotopic (exact) mass is 492 g/mol. The van der Waals surface area contributed by atoms with Gasteiger partial charge in [0.2, 0.25) is 5.91 Å². The normalized spacial score (nSPS) is 16.0. The molecule has 0 radical (unpaired) electrons. The number of amides is 1. The van der Waals surface area contributed by atoms with Gasteiger partial charge in [-0.3, -0.25) is 9.69 Å². The first-order valence-corrected chi connectivity index (χ1v) is 12.7. The standard InChI is InChI=1S/C28H32N2O4S/c1-3-15-29(18-24(31)21-9-5-4-6-10-21)19-28(32)30-16-13-27-22(14-17-35-27)23(30)20-34-26-12-8-7-11-25(26)33-2/h3-12,14,17,23-24,31H,1,13,15-16,18-20H2,2H3. The summed E-state index contributed by atoms with van der Waals surface area (Å²) in [6.45, 7) is 5.86. The largest absolute Gasteiger partial charge is 0.493 e. The van der Waals surface area contributed by atoms with E-state index in [0.717, 1.165) is 17.5 Å². The predicted octanol–water partition coefficient (Wildman–Crippen LogP) is 4.48. The van der Waals surface area contributed by atoms with Gasteiger partial charge in [0.15, 0.2) is 11.5 Å². The molecule has 2 heterocycles. The fraction of sp³-hybridized carbons (Fsp3) is 0.321. The van der Waals surface area contributed by atoms with E-state index in [2.05, 4.69) is 18.0 Å². The first kappa shape index (κ1) is 25.0. The third kappa shape index (κ3) is 6.11. The molecule has 0 spiro atoms. The molecule has 1 amide bonds. The Morgan fingerprint density at radius 2 is 1.94 bits per heavy atom. The highest BCUT2D eigenvalue weighted by molar-refractivity contribution is 7.10. The number of nitrogens with zero attached hydrogens (tertiary/aromatic N) is 2. The Balaban J connectivity index is 1.48. The summed E-state index contributed by atoms with van der Waals surface area (Å²) in [7, 11) is 1.62. The quantitative estimate of drug-likeness (QED) is 0.400. The fourth-order valence-electron chi connectivity index (χ4n) is 4.47. The average molecular weight is 493 g/mol. The number of benzene rings is 2. The summed E-state index contributed by atoms with van der Waals surface area (Å²) in [4.78, 5) is 18.7. The molecular weight excluding hydrogens is 460 g/mol. The summed E-state index contributed by atoms with van der Waals surface area (Å²) in [5.41, 5.74) is 1.97. The van der Waals surface area contributed by atoms with Gasteiger partial charge in [0, 0.05) is 24.5 Å². The molecule has 1 aromatic heterocycles. The number of aliphatic hydroxyl groups excluding tert-OH is 1. The number of thiophene rings is 1. The van der Waals surface area contributed by atoms with Crippen molar-refractivity contribution in [3.05, 3.63) is 94.7 Å². The SMILES string of the molecule is C=CCN(CC(=O)N1CCc2sccc2C1COc1ccccc1OC)CC(O)c1ccccc1. The van der Waals surface area contributed by atoms with Crippen LogP contribution in [0.25, 0.3) is 0 Å². The van der Waals surface area contributed by atoms with Crippen molar-refractivity contribution in [3.63, 3.8) is 0 Å². The van der Waals surface area contributed by atoms with Crippen molar-refractivity contribution in [3.8, 4) is 11.5 Å².